The van der Waals surface area contributed by atoms with E-state index in [4.69, 9.17) is 0 Å². The fourth-order valence-electron chi connectivity index (χ4n) is 1.65. The Labute approximate surface area is 98.2 Å². The van der Waals surface area contributed by atoms with Gasteiger partial charge in [-0.2, -0.15) is 0 Å². The molecule has 1 atom stereocenters. The molecule has 1 aromatic carbocycles. The molecule has 0 saturated carbocycles. The SMILES string of the molecule is O=C([O-])[C@@H](Cc1cccs1)c1ccccc1. The van der Waals surface area contributed by atoms with Gasteiger partial charge in [0.15, 0.2) is 0 Å². The summed E-state index contributed by atoms with van der Waals surface area (Å²) in [5.74, 6) is -1.57. The Bertz CT molecular complexity index is 448. The van der Waals surface area contributed by atoms with Crippen molar-refractivity contribution in [1.29, 1.82) is 0 Å². The minimum absolute atomic E-state index is 0.504. The summed E-state index contributed by atoms with van der Waals surface area (Å²) < 4.78 is 0. The Kier molecular flexibility index (Phi) is 3.37. The first-order chi connectivity index (χ1) is 7.77. The van der Waals surface area contributed by atoms with E-state index in [2.05, 4.69) is 0 Å². The van der Waals surface area contributed by atoms with E-state index in [-0.39, 0.29) is 0 Å². The molecule has 0 spiro atoms. The van der Waals surface area contributed by atoms with E-state index in [0.717, 1.165) is 10.4 Å². The van der Waals surface area contributed by atoms with Gasteiger partial charge in [-0.05, 0) is 23.4 Å². The lowest BCUT2D eigenvalue weighted by Crippen LogP contribution is -2.30. The summed E-state index contributed by atoms with van der Waals surface area (Å²) >= 11 is 1.57. The Balaban J connectivity index is 2.22. The third-order valence-corrected chi connectivity index (χ3v) is 3.37. The van der Waals surface area contributed by atoms with Crippen LogP contribution in [0.1, 0.15) is 16.4 Å². The molecule has 0 radical (unpaired) electrons. The average molecular weight is 231 g/mol. The van der Waals surface area contributed by atoms with Crippen LogP contribution in [-0.2, 0) is 11.2 Å². The van der Waals surface area contributed by atoms with Crippen LogP contribution in [-0.4, -0.2) is 5.97 Å². The Hall–Kier alpha value is -1.61. The van der Waals surface area contributed by atoms with E-state index >= 15 is 0 Å². The van der Waals surface area contributed by atoms with E-state index in [1.807, 2.05) is 47.8 Å². The molecule has 0 aliphatic heterocycles. The number of hydrogen-bond acceptors (Lipinski definition) is 3. The summed E-state index contributed by atoms with van der Waals surface area (Å²) in [6.07, 6.45) is 0.504. The minimum atomic E-state index is -1.01. The molecule has 0 aliphatic rings. The number of aliphatic carboxylic acids is 1. The summed E-state index contributed by atoms with van der Waals surface area (Å²) in [5.41, 5.74) is 0.802. The van der Waals surface area contributed by atoms with E-state index in [1.54, 1.807) is 11.3 Å². The van der Waals surface area contributed by atoms with Gasteiger partial charge in [0.2, 0.25) is 0 Å². The molecule has 3 heteroatoms. The highest BCUT2D eigenvalue weighted by Gasteiger charge is 2.13. The van der Waals surface area contributed by atoms with E-state index in [9.17, 15) is 9.90 Å². The van der Waals surface area contributed by atoms with Crippen LogP contribution in [0.25, 0.3) is 0 Å². The van der Waals surface area contributed by atoms with Gasteiger partial charge in [0, 0.05) is 16.8 Å². The van der Waals surface area contributed by atoms with Gasteiger partial charge in [-0.15, -0.1) is 11.3 Å². The molecule has 2 rings (SSSR count). The predicted octanol–water partition coefficient (Wildman–Crippen LogP) is 1.82. The maximum absolute atomic E-state index is 11.1. The molecule has 0 bridgehead atoms. The largest absolute Gasteiger partial charge is 0.549 e. The van der Waals surface area contributed by atoms with Crippen LogP contribution in [0.4, 0.5) is 0 Å². The maximum atomic E-state index is 11.1. The fourth-order valence-corrected chi connectivity index (χ4v) is 2.40. The van der Waals surface area contributed by atoms with Crippen molar-refractivity contribution in [3.8, 4) is 0 Å². The van der Waals surface area contributed by atoms with Crippen LogP contribution in [0.15, 0.2) is 47.8 Å². The molecule has 1 aromatic heterocycles. The lowest BCUT2D eigenvalue weighted by atomic mass is 9.95. The topological polar surface area (TPSA) is 40.1 Å². The van der Waals surface area contributed by atoms with Crippen molar-refractivity contribution in [3.63, 3.8) is 0 Å². The zero-order chi connectivity index (χ0) is 11.4. The van der Waals surface area contributed by atoms with Crippen LogP contribution in [0, 0.1) is 0 Å². The van der Waals surface area contributed by atoms with Gasteiger partial charge in [0.1, 0.15) is 0 Å². The number of carbonyl (C=O) groups is 1. The molecule has 0 N–H and O–H groups in total. The molecule has 0 unspecified atom stereocenters. The Morgan fingerprint density at radius 1 is 1.19 bits per heavy atom. The highest BCUT2D eigenvalue weighted by molar-refractivity contribution is 7.09. The number of carboxylic acid groups (broad SMARTS) is 1. The summed E-state index contributed by atoms with van der Waals surface area (Å²) in [4.78, 5) is 12.2. The highest BCUT2D eigenvalue weighted by atomic mass is 32.1. The number of rotatable bonds is 4. The van der Waals surface area contributed by atoms with Crippen molar-refractivity contribution in [3.05, 3.63) is 58.3 Å². The highest BCUT2D eigenvalue weighted by Crippen LogP contribution is 2.22. The first-order valence-electron chi connectivity index (χ1n) is 5.05. The Morgan fingerprint density at radius 2 is 1.94 bits per heavy atom. The van der Waals surface area contributed by atoms with E-state index < -0.39 is 11.9 Å². The molecule has 0 saturated heterocycles. The van der Waals surface area contributed by atoms with Gasteiger partial charge in [-0.1, -0.05) is 36.4 Å². The molecule has 2 aromatic rings. The van der Waals surface area contributed by atoms with Crippen molar-refractivity contribution in [2.45, 2.75) is 12.3 Å². The van der Waals surface area contributed by atoms with Crippen molar-refractivity contribution < 1.29 is 9.90 Å². The number of carbonyl (C=O) groups excluding carboxylic acids is 1. The van der Waals surface area contributed by atoms with Crippen LogP contribution in [0.3, 0.4) is 0 Å². The lowest BCUT2D eigenvalue weighted by Gasteiger charge is -2.17. The average Bonchev–Trinajstić information content (AvgIpc) is 2.79. The predicted molar refractivity (Wildman–Crippen MR) is 62.2 cm³/mol. The quantitative estimate of drug-likeness (QED) is 0.805. The third kappa shape index (κ3) is 2.49. The molecule has 82 valence electrons. The van der Waals surface area contributed by atoms with Crippen LogP contribution >= 0.6 is 11.3 Å². The van der Waals surface area contributed by atoms with Crippen molar-refractivity contribution >= 4 is 17.3 Å². The van der Waals surface area contributed by atoms with Gasteiger partial charge >= 0.3 is 0 Å². The van der Waals surface area contributed by atoms with E-state index in [0.29, 0.717) is 6.42 Å². The molecule has 0 fully saturated rings. The van der Waals surface area contributed by atoms with Crippen molar-refractivity contribution in [2.24, 2.45) is 0 Å². The van der Waals surface area contributed by atoms with E-state index in [1.165, 1.54) is 0 Å². The number of hydrogen-bond donors (Lipinski definition) is 0. The Morgan fingerprint density at radius 3 is 2.50 bits per heavy atom. The molecular formula is C13H11O2S-. The molecule has 0 aliphatic carbocycles. The second-order valence-electron chi connectivity index (χ2n) is 3.57. The number of benzene rings is 1. The van der Waals surface area contributed by atoms with Gasteiger partial charge in [-0.3, -0.25) is 0 Å². The summed E-state index contributed by atoms with van der Waals surface area (Å²) in [6.45, 7) is 0. The minimum Gasteiger partial charge on any atom is -0.549 e. The van der Waals surface area contributed by atoms with Crippen molar-refractivity contribution in [2.75, 3.05) is 0 Å². The van der Waals surface area contributed by atoms with Crippen LogP contribution in [0.2, 0.25) is 0 Å². The zero-order valence-corrected chi connectivity index (χ0v) is 9.44. The summed E-state index contributed by atoms with van der Waals surface area (Å²) in [6, 6.07) is 13.1. The van der Waals surface area contributed by atoms with Crippen LogP contribution < -0.4 is 5.11 Å². The second-order valence-corrected chi connectivity index (χ2v) is 4.60. The van der Waals surface area contributed by atoms with Gasteiger partial charge in [0.25, 0.3) is 0 Å². The summed E-state index contributed by atoms with van der Waals surface area (Å²) in [7, 11) is 0. The molecule has 2 nitrogen and oxygen atoms in total. The monoisotopic (exact) mass is 231 g/mol. The second kappa shape index (κ2) is 4.94. The summed E-state index contributed by atoms with van der Waals surface area (Å²) in [5, 5.41) is 13.1. The van der Waals surface area contributed by atoms with Crippen molar-refractivity contribution in [1.82, 2.24) is 0 Å². The molecule has 0 amide bonds. The molecular weight excluding hydrogens is 220 g/mol. The fraction of sp³-hybridized carbons (Fsp3) is 0.154. The number of thiophene rings is 1. The molecule has 16 heavy (non-hydrogen) atoms. The van der Waals surface area contributed by atoms with Crippen LogP contribution in [0.5, 0.6) is 0 Å². The molecule has 1 heterocycles. The first kappa shape index (κ1) is 10.9. The maximum Gasteiger partial charge on any atom is 0.0492 e. The number of carboxylic acids is 1. The first-order valence-corrected chi connectivity index (χ1v) is 5.93. The zero-order valence-electron chi connectivity index (χ0n) is 8.63. The smallest absolute Gasteiger partial charge is 0.0492 e. The third-order valence-electron chi connectivity index (χ3n) is 2.47. The lowest BCUT2D eigenvalue weighted by molar-refractivity contribution is -0.308. The van der Waals surface area contributed by atoms with Gasteiger partial charge in [-0.25, -0.2) is 0 Å². The van der Waals surface area contributed by atoms with Gasteiger partial charge in [0.05, 0.1) is 0 Å². The standard InChI is InChI=1S/C13H12O2S/c14-13(15)12(9-11-7-4-8-16-11)10-5-2-1-3-6-10/h1-8,12H,9H2,(H,14,15)/p-1/t12-/m0/s1. The normalized spacial score (nSPS) is 12.2. The van der Waals surface area contributed by atoms with Gasteiger partial charge < -0.3 is 9.90 Å².